The molecule has 4 aliphatic heterocycles. The number of ether oxygens (including phenoxy) is 8. The molecule has 8 rings (SSSR count). The number of hydrogen-bond donors (Lipinski definition) is 0. The largest absolute Gasteiger partial charge is 0.491 e. The van der Waals surface area contributed by atoms with Crippen LogP contribution in [0.2, 0.25) is 0 Å². The molecule has 0 bridgehead atoms. The third-order valence-corrected chi connectivity index (χ3v) is 11.2. The molecule has 4 saturated heterocycles. The van der Waals surface area contributed by atoms with Gasteiger partial charge >= 0.3 is 0 Å². The van der Waals surface area contributed by atoms with Crippen LogP contribution in [0.25, 0.3) is 0 Å². The summed E-state index contributed by atoms with van der Waals surface area (Å²) in [5.41, 5.74) is 7.29. The molecule has 0 saturated carbocycles. The molecule has 0 spiro atoms. The maximum Gasteiger partial charge on any atom is 0.122 e. The summed E-state index contributed by atoms with van der Waals surface area (Å²) in [6.07, 6.45) is 7.15. The van der Waals surface area contributed by atoms with Gasteiger partial charge in [-0.2, -0.15) is 0 Å². The van der Waals surface area contributed by atoms with E-state index in [9.17, 15) is 0 Å². The first-order valence-electron chi connectivity index (χ1n) is 20.7. The lowest BCUT2D eigenvalue weighted by Crippen LogP contribution is -2.19. The van der Waals surface area contributed by atoms with Gasteiger partial charge in [-0.1, -0.05) is 95.6 Å². The molecule has 4 unspecified atom stereocenters. The first-order chi connectivity index (χ1) is 27.6. The summed E-state index contributed by atoms with van der Waals surface area (Å²) in [6, 6.07) is 30.0. The average molecular weight is 777 g/mol. The summed E-state index contributed by atoms with van der Waals surface area (Å²) >= 11 is 0. The number of rotatable bonds is 21. The average Bonchev–Trinajstić information content (AvgIpc) is 4.03. The van der Waals surface area contributed by atoms with Crippen molar-refractivity contribution in [2.45, 2.75) is 95.5 Å². The molecule has 4 atom stereocenters. The van der Waals surface area contributed by atoms with Gasteiger partial charge in [0.15, 0.2) is 0 Å². The van der Waals surface area contributed by atoms with Crippen LogP contribution < -0.4 is 18.9 Å². The molecule has 0 amide bonds. The van der Waals surface area contributed by atoms with Crippen molar-refractivity contribution in [3.05, 3.63) is 131 Å². The minimum atomic E-state index is -0.133. The predicted octanol–water partition coefficient (Wildman–Crippen LogP) is 9.21. The van der Waals surface area contributed by atoms with Gasteiger partial charge < -0.3 is 37.9 Å². The second-order valence-corrected chi connectivity index (χ2v) is 16.6. The number of epoxide rings is 4. The van der Waals surface area contributed by atoms with Gasteiger partial charge in [-0.15, -0.1) is 6.58 Å². The van der Waals surface area contributed by atoms with Gasteiger partial charge in [0, 0.05) is 10.8 Å². The zero-order valence-corrected chi connectivity index (χ0v) is 34.4. The number of aryl methyl sites for hydroxylation is 1. The Kier molecular flexibility index (Phi) is 13.3. The van der Waals surface area contributed by atoms with Crippen LogP contribution >= 0.6 is 0 Å². The smallest absolute Gasteiger partial charge is 0.122 e. The van der Waals surface area contributed by atoms with Crippen molar-refractivity contribution in [1.82, 2.24) is 0 Å². The number of unbranched alkanes of at least 4 members (excludes halogenated alkanes) is 1. The standard InChI is InChI=1S/C25H32O4.C24H28O4/c1-4-5-6-18-13-20(9-12-24(18)29-17-23-16-28-23)25(2,3)19-7-10-21(11-8-19)26-14-22-15-27-22;1-4-5-17-12-19(8-11-23(17)28-16-22-15-27-22)24(2,3)18-6-9-20(10-7-18)25-13-21-14-26-21/h7-13,22-23H,4-6,14-17H2,1-3H3;4,6-12,21-22H,1,5,13-16H2,2-3H3. The van der Waals surface area contributed by atoms with Crippen LogP contribution in [0.4, 0.5) is 0 Å². The fraction of sp³-hybridized carbons (Fsp3) is 0.469. The molecular weight excluding hydrogens is 717 g/mol. The molecule has 4 aromatic rings. The molecule has 0 aliphatic carbocycles. The van der Waals surface area contributed by atoms with Crippen LogP contribution in [0.1, 0.15) is 80.8 Å². The van der Waals surface area contributed by atoms with Crippen LogP contribution in [0.5, 0.6) is 23.0 Å². The Hall–Kier alpha value is -4.34. The summed E-state index contributed by atoms with van der Waals surface area (Å²) in [4.78, 5) is 0. The monoisotopic (exact) mass is 776 g/mol. The first kappa shape index (κ1) is 40.8. The van der Waals surface area contributed by atoms with E-state index in [1.54, 1.807) is 0 Å². The van der Waals surface area contributed by atoms with E-state index in [2.05, 4.69) is 114 Å². The van der Waals surface area contributed by atoms with E-state index in [1.807, 2.05) is 18.2 Å². The molecule has 4 fully saturated rings. The van der Waals surface area contributed by atoms with Crippen molar-refractivity contribution in [2.75, 3.05) is 52.9 Å². The summed E-state index contributed by atoms with van der Waals surface area (Å²) < 4.78 is 44.5. The van der Waals surface area contributed by atoms with Crippen molar-refractivity contribution in [3.8, 4) is 23.0 Å². The Labute approximate surface area is 339 Å². The molecule has 304 valence electrons. The Bertz CT molecular complexity index is 1900. The van der Waals surface area contributed by atoms with E-state index >= 15 is 0 Å². The van der Waals surface area contributed by atoms with Crippen LogP contribution in [0.3, 0.4) is 0 Å². The van der Waals surface area contributed by atoms with Gasteiger partial charge in [-0.3, -0.25) is 0 Å². The highest BCUT2D eigenvalue weighted by Crippen LogP contribution is 2.37. The van der Waals surface area contributed by atoms with Crippen LogP contribution in [0, 0.1) is 0 Å². The summed E-state index contributed by atoms with van der Waals surface area (Å²) in [5, 5.41) is 0. The lowest BCUT2D eigenvalue weighted by molar-refractivity contribution is 0.261. The van der Waals surface area contributed by atoms with E-state index in [0.29, 0.717) is 26.4 Å². The van der Waals surface area contributed by atoms with Crippen LogP contribution in [-0.4, -0.2) is 77.3 Å². The molecule has 4 heterocycles. The van der Waals surface area contributed by atoms with Gasteiger partial charge in [0.2, 0.25) is 0 Å². The van der Waals surface area contributed by atoms with E-state index in [-0.39, 0.29) is 35.2 Å². The van der Waals surface area contributed by atoms with Crippen molar-refractivity contribution in [2.24, 2.45) is 0 Å². The lowest BCUT2D eigenvalue weighted by atomic mass is 9.77. The molecule has 0 aromatic heterocycles. The summed E-state index contributed by atoms with van der Waals surface area (Å²) in [6.45, 7) is 20.9. The van der Waals surface area contributed by atoms with Gasteiger partial charge in [0.1, 0.15) is 73.8 Å². The summed E-state index contributed by atoms with van der Waals surface area (Å²) in [7, 11) is 0. The zero-order valence-electron chi connectivity index (χ0n) is 34.4. The second kappa shape index (κ2) is 18.5. The number of hydrogen-bond acceptors (Lipinski definition) is 8. The maximum absolute atomic E-state index is 6.05. The van der Waals surface area contributed by atoms with Crippen molar-refractivity contribution in [3.63, 3.8) is 0 Å². The van der Waals surface area contributed by atoms with Crippen LogP contribution in [0.15, 0.2) is 97.6 Å². The Morgan fingerprint density at radius 2 is 0.912 bits per heavy atom. The molecule has 0 radical (unpaired) electrons. The number of allylic oxidation sites excluding steroid dienone is 1. The number of benzene rings is 4. The van der Waals surface area contributed by atoms with Gasteiger partial charge in [-0.05, 0) is 89.0 Å². The van der Waals surface area contributed by atoms with Gasteiger partial charge in [-0.25, -0.2) is 0 Å². The van der Waals surface area contributed by atoms with Gasteiger partial charge in [0.05, 0.1) is 26.4 Å². The molecule has 0 N–H and O–H groups in total. The van der Waals surface area contributed by atoms with Crippen LogP contribution in [-0.2, 0) is 42.6 Å². The zero-order chi connectivity index (χ0) is 39.8. The Balaban J connectivity index is 0.000000174. The highest BCUT2D eigenvalue weighted by molar-refractivity contribution is 5.47. The highest BCUT2D eigenvalue weighted by atomic mass is 16.6. The second-order valence-electron chi connectivity index (χ2n) is 16.6. The molecule has 8 heteroatoms. The first-order valence-corrected chi connectivity index (χ1v) is 20.7. The molecule has 57 heavy (non-hydrogen) atoms. The Morgan fingerprint density at radius 1 is 0.544 bits per heavy atom. The maximum atomic E-state index is 6.05. The molecule has 8 nitrogen and oxygen atoms in total. The van der Waals surface area contributed by atoms with E-state index in [1.165, 1.54) is 34.2 Å². The lowest BCUT2D eigenvalue weighted by Gasteiger charge is -2.27. The fourth-order valence-corrected chi connectivity index (χ4v) is 6.77. The quantitative estimate of drug-likeness (QED) is 0.0612. The predicted molar refractivity (Wildman–Crippen MR) is 223 cm³/mol. The molecular formula is C49H60O8. The Morgan fingerprint density at radius 3 is 1.30 bits per heavy atom. The van der Waals surface area contributed by atoms with Gasteiger partial charge in [0.25, 0.3) is 0 Å². The molecule has 4 aliphatic rings. The van der Waals surface area contributed by atoms with Crippen molar-refractivity contribution >= 4 is 0 Å². The third kappa shape index (κ3) is 11.6. The van der Waals surface area contributed by atoms with Crippen molar-refractivity contribution in [1.29, 1.82) is 0 Å². The topological polar surface area (TPSA) is 87.0 Å². The van der Waals surface area contributed by atoms with E-state index < -0.39 is 0 Å². The SMILES string of the molecule is C=CCc1cc(C(C)(C)c2ccc(OCC3CO3)cc2)ccc1OCC1CO1.CCCCc1cc(C(C)(C)c2ccc(OCC3CO3)cc2)ccc1OCC1CO1. The minimum absolute atomic E-state index is 0.1000. The highest BCUT2D eigenvalue weighted by Gasteiger charge is 2.29. The van der Waals surface area contributed by atoms with E-state index in [4.69, 9.17) is 37.9 Å². The fourth-order valence-electron chi connectivity index (χ4n) is 6.77. The van der Waals surface area contributed by atoms with E-state index in [0.717, 1.165) is 74.3 Å². The third-order valence-electron chi connectivity index (χ3n) is 11.2. The normalized spacial score (nSPS) is 20.4. The summed E-state index contributed by atoms with van der Waals surface area (Å²) in [5.74, 6) is 3.70. The minimum Gasteiger partial charge on any atom is -0.491 e. The van der Waals surface area contributed by atoms with Crippen molar-refractivity contribution < 1.29 is 37.9 Å². The molecule has 4 aromatic carbocycles.